The second kappa shape index (κ2) is 4.26. The molecule has 2 heterocycles. The quantitative estimate of drug-likeness (QED) is 0.735. The molecule has 5 heteroatoms. The van der Waals surface area contributed by atoms with Gasteiger partial charge in [0.2, 0.25) is 0 Å². The third-order valence-corrected chi connectivity index (χ3v) is 4.11. The van der Waals surface area contributed by atoms with Crippen molar-refractivity contribution in [3.05, 3.63) is 23.7 Å². The highest BCUT2D eigenvalue weighted by Crippen LogP contribution is 2.20. The molecule has 2 N–H and O–H groups in total. The zero-order chi connectivity index (χ0) is 10.8. The van der Waals surface area contributed by atoms with Gasteiger partial charge in [-0.2, -0.15) is 0 Å². The fraction of sp³-hybridized carbons (Fsp3) is 0.600. The second-order valence-electron chi connectivity index (χ2n) is 4.08. The van der Waals surface area contributed by atoms with Crippen LogP contribution in [0.15, 0.2) is 23.7 Å². The zero-order valence-electron chi connectivity index (χ0n) is 9.12. The standard InChI is InChI=1S/C10H17N3OS/c1-8(2)9-6-10(12-11-7-9)13-4-3-5-15(13)14/h6-8,11-12H,3-5H2,1-2H3. The van der Waals surface area contributed by atoms with Gasteiger partial charge in [0.05, 0.1) is 0 Å². The number of hydrogen-bond acceptors (Lipinski definition) is 3. The van der Waals surface area contributed by atoms with Crippen LogP contribution in [0.4, 0.5) is 0 Å². The molecule has 1 atom stereocenters. The number of nitrogens with one attached hydrogen (secondary N) is 2. The molecule has 1 saturated heterocycles. The van der Waals surface area contributed by atoms with Crippen molar-refractivity contribution < 1.29 is 4.21 Å². The number of hydrogen-bond donors (Lipinski definition) is 2. The first-order chi connectivity index (χ1) is 7.18. The number of allylic oxidation sites excluding steroid dienone is 2. The largest absolute Gasteiger partial charge is 0.307 e. The van der Waals surface area contributed by atoms with E-state index < -0.39 is 11.0 Å². The lowest BCUT2D eigenvalue weighted by molar-refractivity contribution is 0.486. The number of hydrazine groups is 1. The second-order valence-corrected chi connectivity index (χ2v) is 5.57. The molecule has 0 amide bonds. The maximum atomic E-state index is 11.7. The lowest BCUT2D eigenvalue weighted by Crippen LogP contribution is -2.39. The minimum absolute atomic E-state index is 0.477. The highest BCUT2D eigenvalue weighted by Gasteiger charge is 2.23. The third-order valence-electron chi connectivity index (χ3n) is 2.60. The maximum absolute atomic E-state index is 11.7. The summed E-state index contributed by atoms with van der Waals surface area (Å²) in [6, 6.07) is 0. The van der Waals surface area contributed by atoms with Crippen LogP contribution in [-0.4, -0.2) is 20.8 Å². The van der Waals surface area contributed by atoms with Crippen LogP contribution in [0, 0.1) is 5.92 Å². The molecule has 0 aromatic heterocycles. The molecule has 1 fully saturated rings. The van der Waals surface area contributed by atoms with Gasteiger partial charge in [-0.15, -0.1) is 0 Å². The topological polar surface area (TPSA) is 44.4 Å². The van der Waals surface area contributed by atoms with Crippen LogP contribution in [-0.2, 0) is 11.0 Å². The van der Waals surface area contributed by atoms with Crippen LogP contribution in [0.2, 0.25) is 0 Å². The van der Waals surface area contributed by atoms with Crippen molar-refractivity contribution in [2.45, 2.75) is 20.3 Å². The fourth-order valence-electron chi connectivity index (χ4n) is 1.67. The van der Waals surface area contributed by atoms with Gasteiger partial charge in [0.25, 0.3) is 0 Å². The molecule has 15 heavy (non-hydrogen) atoms. The summed E-state index contributed by atoms with van der Waals surface area (Å²) in [5.74, 6) is 2.18. The van der Waals surface area contributed by atoms with Gasteiger partial charge in [-0.3, -0.25) is 9.73 Å². The van der Waals surface area contributed by atoms with Gasteiger partial charge >= 0.3 is 0 Å². The summed E-state index contributed by atoms with van der Waals surface area (Å²) >= 11 is 0. The molecule has 2 aliphatic rings. The van der Waals surface area contributed by atoms with Crippen molar-refractivity contribution in [2.24, 2.45) is 5.92 Å². The Balaban J connectivity index is 2.16. The Morgan fingerprint density at radius 1 is 1.53 bits per heavy atom. The Kier molecular flexibility index (Phi) is 3.00. The Labute approximate surface area is 93.0 Å². The van der Waals surface area contributed by atoms with E-state index in [0.29, 0.717) is 5.92 Å². The molecule has 0 radical (unpaired) electrons. The first kappa shape index (κ1) is 10.5. The molecule has 0 aromatic carbocycles. The lowest BCUT2D eigenvalue weighted by atomic mass is 10.0. The van der Waals surface area contributed by atoms with Crippen molar-refractivity contribution in [3.8, 4) is 0 Å². The van der Waals surface area contributed by atoms with E-state index in [1.165, 1.54) is 5.57 Å². The maximum Gasteiger partial charge on any atom is 0.132 e. The SMILES string of the molecule is CC(C)C1=CNNC(N2CCCS2=O)=C1. The van der Waals surface area contributed by atoms with Crippen molar-refractivity contribution in [1.82, 2.24) is 15.2 Å². The first-order valence-electron chi connectivity index (χ1n) is 5.28. The monoisotopic (exact) mass is 227 g/mol. The van der Waals surface area contributed by atoms with Gasteiger partial charge < -0.3 is 5.43 Å². The van der Waals surface area contributed by atoms with Gasteiger partial charge in [0.1, 0.15) is 16.8 Å². The summed E-state index contributed by atoms with van der Waals surface area (Å²) < 4.78 is 13.6. The van der Waals surface area contributed by atoms with Crippen LogP contribution >= 0.6 is 0 Å². The van der Waals surface area contributed by atoms with Gasteiger partial charge in [0.15, 0.2) is 0 Å². The predicted molar refractivity (Wildman–Crippen MR) is 61.6 cm³/mol. The molecule has 2 rings (SSSR count). The van der Waals surface area contributed by atoms with Gasteiger partial charge in [-0.05, 0) is 24.0 Å². The fourth-order valence-corrected chi connectivity index (χ4v) is 2.92. The van der Waals surface area contributed by atoms with Crippen LogP contribution in [0.25, 0.3) is 0 Å². The molecule has 2 aliphatic heterocycles. The summed E-state index contributed by atoms with van der Waals surface area (Å²) in [6.45, 7) is 5.17. The molecule has 4 nitrogen and oxygen atoms in total. The molecular weight excluding hydrogens is 210 g/mol. The van der Waals surface area contributed by atoms with E-state index in [0.717, 1.165) is 24.5 Å². The summed E-state index contributed by atoms with van der Waals surface area (Å²) in [6.07, 6.45) is 5.03. The molecule has 0 aliphatic carbocycles. The van der Waals surface area contributed by atoms with E-state index in [1.54, 1.807) is 0 Å². The molecule has 0 bridgehead atoms. The molecule has 84 valence electrons. The van der Waals surface area contributed by atoms with E-state index >= 15 is 0 Å². The minimum Gasteiger partial charge on any atom is -0.307 e. The average Bonchev–Trinajstić information content (AvgIpc) is 2.64. The van der Waals surface area contributed by atoms with E-state index in [4.69, 9.17) is 0 Å². The normalized spacial score (nSPS) is 25.8. The van der Waals surface area contributed by atoms with Crippen LogP contribution in [0.5, 0.6) is 0 Å². The molecule has 0 spiro atoms. The number of nitrogens with zero attached hydrogens (tertiary/aromatic N) is 1. The van der Waals surface area contributed by atoms with Gasteiger partial charge in [-0.25, -0.2) is 4.21 Å². The third kappa shape index (κ3) is 2.17. The molecule has 0 aromatic rings. The Morgan fingerprint density at radius 2 is 2.33 bits per heavy atom. The van der Waals surface area contributed by atoms with Crippen molar-refractivity contribution in [2.75, 3.05) is 12.3 Å². The van der Waals surface area contributed by atoms with Gasteiger partial charge in [0, 0.05) is 18.5 Å². The van der Waals surface area contributed by atoms with Crippen LogP contribution in [0.1, 0.15) is 20.3 Å². The average molecular weight is 227 g/mol. The molecule has 1 unspecified atom stereocenters. The summed E-state index contributed by atoms with van der Waals surface area (Å²) in [7, 11) is -0.851. The van der Waals surface area contributed by atoms with Crippen LogP contribution in [0.3, 0.4) is 0 Å². The minimum atomic E-state index is -0.851. The van der Waals surface area contributed by atoms with E-state index in [9.17, 15) is 4.21 Å². The lowest BCUT2D eigenvalue weighted by Gasteiger charge is -2.25. The molecular formula is C10H17N3OS. The first-order valence-corrected chi connectivity index (χ1v) is 6.55. The number of rotatable bonds is 2. The highest BCUT2D eigenvalue weighted by molar-refractivity contribution is 7.83. The van der Waals surface area contributed by atoms with Crippen molar-refractivity contribution >= 4 is 11.0 Å². The van der Waals surface area contributed by atoms with Crippen molar-refractivity contribution in [3.63, 3.8) is 0 Å². The van der Waals surface area contributed by atoms with Gasteiger partial charge in [-0.1, -0.05) is 13.8 Å². The Hall–Kier alpha value is -0.970. The van der Waals surface area contributed by atoms with E-state index in [1.807, 2.05) is 10.5 Å². The summed E-state index contributed by atoms with van der Waals surface area (Å²) in [5, 5.41) is 0. The molecule has 0 saturated carbocycles. The van der Waals surface area contributed by atoms with E-state index in [-0.39, 0.29) is 0 Å². The predicted octanol–water partition coefficient (Wildman–Crippen LogP) is 0.845. The van der Waals surface area contributed by atoms with E-state index in [2.05, 4.69) is 30.8 Å². The Morgan fingerprint density at radius 3 is 2.93 bits per heavy atom. The Bertz CT molecular complexity index is 336. The van der Waals surface area contributed by atoms with Crippen molar-refractivity contribution in [1.29, 1.82) is 0 Å². The summed E-state index contributed by atoms with van der Waals surface area (Å²) in [5.41, 5.74) is 7.28. The highest BCUT2D eigenvalue weighted by atomic mass is 32.2. The zero-order valence-corrected chi connectivity index (χ0v) is 9.93. The summed E-state index contributed by atoms with van der Waals surface area (Å²) in [4.78, 5) is 0. The van der Waals surface area contributed by atoms with Crippen LogP contribution < -0.4 is 10.9 Å². The smallest absolute Gasteiger partial charge is 0.132 e.